The van der Waals surface area contributed by atoms with Gasteiger partial charge in [-0.1, -0.05) is 33.6 Å². The van der Waals surface area contributed by atoms with Gasteiger partial charge < -0.3 is 14.8 Å². The molecule has 0 aliphatic carbocycles. The summed E-state index contributed by atoms with van der Waals surface area (Å²) in [6.07, 6.45) is 0.652. The Hall–Kier alpha value is -2.21. The van der Waals surface area contributed by atoms with E-state index < -0.39 is 5.72 Å². The van der Waals surface area contributed by atoms with Crippen molar-refractivity contribution < 1.29 is 14.3 Å². The number of rotatable bonds is 2. The minimum atomic E-state index is -0.781. The molecule has 4 rings (SSSR count). The van der Waals surface area contributed by atoms with Crippen molar-refractivity contribution in [1.82, 2.24) is 5.32 Å². The van der Waals surface area contributed by atoms with E-state index in [0.717, 1.165) is 21.3 Å². The molecule has 1 saturated heterocycles. The van der Waals surface area contributed by atoms with Gasteiger partial charge in [-0.15, -0.1) is 0 Å². The second kappa shape index (κ2) is 5.66. The molecule has 0 saturated carbocycles. The number of amides is 2. The fourth-order valence-electron chi connectivity index (χ4n) is 3.64. The van der Waals surface area contributed by atoms with Gasteiger partial charge in [0.25, 0.3) is 0 Å². The quantitative estimate of drug-likeness (QED) is 0.802. The number of hydrogen-bond acceptors (Lipinski definition) is 3. The van der Waals surface area contributed by atoms with Crippen molar-refractivity contribution in [3.8, 4) is 11.5 Å². The lowest BCUT2D eigenvalue weighted by Crippen LogP contribution is -2.65. The fourth-order valence-corrected chi connectivity index (χ4v) is 4.09. The first-order chi connectivity index (χ1) is 11.9. The lowest BCUT2D eigenvalue weighted by Gasteiger charge is -2.50. The van der Waals surface area contributed by atoms with Crippen LogP contribution in [0, 0.1) is 6.92 Å². The van der Waals surface area contributed by atoms with E-state index in [2.05, 4.69) is 21.2 Å². The highest BCUT2D eigenvalue weighted by Gasteiger charge is 2.50. The van der Waals surface area contributed by atoms with E-state index in [1.807, 2.05) is 50.2 Å². The summed E-state index contributed by atoms with van der Waals surface area (Å²) >= 11 is 3.50. The predicted octanol–water partition coefficient (Wildman–Crippen LogP) is 4.54. The zero-order valence-electron chi connectivity index (χ0n) is 14.3. The smallest absolute Gasteiger partial charge is 0.325 e. The van der Waals surface area contributed by atoms with Gasteiger partial charge in [-0.3, -0.25) is 4.90 Å². The number of urea groups is 1. The van der Waals surface area contributed by atoms with Crippen LogP contribution in [0.15, 0.2) is 40.9 Å². The van der Waals surface area contributed by atoms with Gasteiger partial charge in [-0.2, -0.15) is 0 Å². The van der Waals surface area contributed by atoms with E-state index in [-0.39, 0.29) is 12.1 Å². The maximum atomic E-state index is 12.8. The topological polar surface area (TPSA) is 50.8 Å². The number of aryl methyl sites for hydroxylation is 1. The first-order valence-electron chi connectivity index (χ1n) is 8.15. The van der Waals surface area contributed by atoms with E-state index in [1.165, 1.54) is 0 Å². The van der Waals surface area contributed by atoms with Crippen molar-refractivity contribution in [3.05, 3.63) is 52.0 Å². The number of nitrogens with zero attached hydrogens (tertiary/aromatic N) is 1. The molecule has 0 aromatic heterocycles. The molecule has 0 unspecified atom stereocenters. The van der Waals surface area contributed by atoms with E-state index in [0.29, 0.717) is 17.9 Å². The number of hydrogen-bond donors (Lipinski definition) is 1. The number of carbonyl (C=O) groups is 1. The first-order valence-corrected chi connectivity index (χ1v) is 8.94. The summed E-state index contributed by atoms with van der Waals surface area (Å²) in [5, 5.41) is 3.10. The molecule has 0 spiro atoms. The van der Waals surface area contributed by atoms with Crippen LogP contribution in [0.1, 0.15) is 30.5 Å². The van der Waals surface area contributed by atoms with Crippen molar-refractivity contribution in [2.45, 2.75) is 32.0 Å². The van der Waals surface area contributed by atoms with Gasteiger partial charge in [0.1, 0.15) is 0 Å². The molecular weight excluding hydrogens is 384 g/mol. The first kappa shape index (κ1) is 16.3. The van der Waals surface area contributed by atoms with Crippen LogP contribution in [0.4, 0.5) is 10.5 Å². The number of anilines is 1. The van der Waals surface area contributed by atoms with Gasteiger partial charge >= 0.3 is 6.03 Å². The van der Waals surface area contributed by atoms with E-state index >= 15 is 0 Å². The second-order valence-corrected chi connectivity index (χ2v) is 7.60. The monoisotopic (exact) mass is 402 g/mol. The maximum Gasteiger partial charge on any atom is 0.325 e. The zero-order valence-corrected chi connectivity index (χ0v) is 15.9. The van der Waals surface area contributed by atoms with Gasteiger partial charge in [0.2, 0.25) is 0 Å². The molecule has 1 fully saturated rings. The molecule has 2 aliphatic rings. The number of methoxy groups -OCH3 is 1. The van der Waals surface area contributed by atoms with Crippen LogP contribution < -0.4 is 19.7 Å². The Kier molecular flexibility index (Phi) is 3.68. The predicted molar refractivity (Wildman–Crippen MR) is 99.3 cm³/mol. The largest absolute Gasteiger partial charge is 0.493 e. The molecule has 2 aromatic carbocycles. The molecule has 130 valence electrons. The average molecular weight is 403 g/mol. The second-order valence-electron chi connectivity index (χ2n) is 6.68. The van der Waals surface area contributed by atoms with Gasteiger partial charge in [-0.25, -0.2) is 4.79 Å². The average Bonchev–Trinajstić information content (AvgIpc) is 2.56. The third-order valence-electron chi connectivity index (χ3n) is 4.81. The van der Waals surface area contributed by atoms with Crippen LogP contribution in [-0.4, -0.2) is 18.9 Å². The lowest BCUT2D eigenvalue weighted by molar-refractivity contribution is 0.0349. The van der Waals surface area contributed by atoms with Crippen molar-refractivity contribution in [3.63, 3.8) is 0 Å². The molecule has 2 bridgehead atoms. The molecule has 2 amide bonds. The Morgan fingerprint density at radius 1 is 1.32 bits per heavy atom. The number of ether oxygens (including phenoxy) is 2. The normalized spacial score (nSPS) is 24.2. The SMILES string of the molecule is COc1cc(Br)cc2c1O[C@]1(C)C[C@H]2NC(=O)N1c1ccc(C)cc1. The number of nitrogens with one attached hydrogen (secondary N) is 1. The Labute approximate surface area is 155 Å². The number of carbonyl (C=O) groups excluding carboxylic acids is 1. The van der Waals surface area contributed by atoms with Crippen molar-refractivity contribution in [2.24, 2.45) is 0 Å². The highest BCUT2D eigenvalue weighted by Crippen LogP contribution is 2.50. The molecule has 0 radical (unpaired) electrons. The summed E-state index contributed by atoms with van der Waals surface area (Å²) in [5.41, 5.74) is 2.10. The highest BCUT2D eigenvalue weighted by molar-refractivity contribution is 9.10. The summed E-state index contributed by atoms with van der Waals surface area (Å²) in [7, 11) is 1.62. The Balaban J connectivity index is 1.82. The van der Waals surface area contributed by atoms with Gasteiger partial charge in [0.15, 0.2) is 17.2 Å². The Bertz CT molecular complexity index is 852. The lowest BCUT2D eigenvalue weighted by atomic mass is 9.90. The third-order valence-corrected chi connectivity index (χ3v) is 5.27. The van der Waals surface area contributed by atoms with Crippen LogP contribution in [-0.2, 0) is 0 Å². The zero-order chi connectivity index (χ0) is 17.8. The van der Waals surface area contributed by atoms with Crippen LogP contribution in [0.5, 0.6) is 11.5 Å². The molecule has 2 aromatic rings. The molecule has 2 aliphatic heterocycles. The molecule has 25 heavy (non-hydrogen) atoms. The number of fused-ring (bicyclic) bond motifs is 4. The molecule has 6 heteroatoms. The summed E-state index contributed by atoms with van der Waals surface area (Å²) in [4.78, 5) is 14.5. The molecule has 1 N–H and O–H groups in total. The van der Waals surface area contributed by atoms with Crippen molar-refractivity contribution >= 4 is 27.6 Å². The number of benzene rings is 2. The minimum Gasteiger partial charge on any atom is -0.493 e. The summed E-state index contributed by atoms with van der Waals surface area (Å²) < 4.78 is 12.7. The van der Waals surface area contributed by atoms with Crippen LogP contribution in [0.3, 0.4) is 0 Å². The minimum absolute atomic E-state index is 0.116. The third kappa shape index (κ3) is 2.56. The van der Waals surface area contributed by atoms with Gasteiger partial charge in [0, 0.05) is 22.1 Å². The highest BCUT2D eigenvalue weighted by atomic mass is 79.9. The van der Waals surface area contributed by atoms with E-state index in [1.54, 1.807) is 12.0 Å². The maximum absolute atomic E-state index is 12.8. The van der Waals surface area contributed by atoms with Crippen molar-refractivity contribution in [1.29, 1.82) is 0 Å². The number of halogens is 1. The molecular formula is C19H19BrN2O3. The van der Waals surface area contributed by atoms with Gasteiger partial charge in [0.05, 0.1) is 13.2 Å². The fraction of sp³-hybridized carbons (Fsp3) is 0.316. The Morgan fingerprint density at radius 3 is 2.72 bits per heavy atom. The molecule has 2 heterocycles. The summed E-state index contributed by atoms with van der Waals surface area (Å²) in [5.74, 6) is 1.34. The van der Waals surface area contributed by atoms with E-state index in [4.69, 9.17) is 9.47 Å². The van der Waals surface area contributed by atoms with Crippen LogP contribution >= 0.6 is 15.9 Å². The van der Waals surface area contributed by atoms with Crippen molar-refractivity contribution in [2.75, 3.05) is 12.0 Å². The molecule has 2 atom stereocenters. The van der Waals surface area contributed by atoms with Crippen LogP contribution in [0.2, 0.25) is 0 Å². The van der Waals surface area contributed by atoms with E-state index in [9.17, 15) is 4.79 Å². The van der Waals surface area contributed by atoms with Gasteiger partial charge in [-0.05, 0) is 38.1 Å². The summed E-state index contributed by atoms with van der Waals surface area (Å²) in [6.45, 7) is 3.97. The van der Waals surface area contributed by atoms with Crippen LogP contribution in [0.25, 0.3) is 0 Å². The summed E-state index contributed by atoms with van der Waals surface area (Å²) in [6, 6.07) is 11.4. The Morgan fingerprint density at radius 2 is 2.04 bits per heavy atom. The molecule has 5 nitrogen and oxygen atoms in total. The standard InChI is InChI=1S/C19H19BrN2O3/c1-11-4-6-13(7-5-11)22-18(23)21-15-10-19(22,2)25-17-14(15)8-12(20)9-16(17)24-3/h4-9,15H,10H2,1-3H3,(H,21,23)/t15-,19-/m1/s1.